The highest BCUT2D eigenvalue weighted by Crippen LogP contribution is 2.31. The second-order valence-corrected chi connectivity index (χ2v) is 4.12. The molecule has 1 atom stereocenters. The van der Waals surface area contributed by atoms with Gasteiger partial charge >= 0.3 is 0 Å². The van der Waals surface area contributed by atoms with Crippen molar-refractivity contribution in [3.05, 3.63) is 28.3 Å². The molecule has 0 aliphatic rings. The quantitative estimate of drug-likeness (QED) is 0.776. The van der Waals surface area contributed by atoms with E-state index in [2.05, 4.69) is 12.6 Å². The van der Waals surface area contributed by atoms with Gasteiger partial charge in [0.25, 0.3) is 0 Å². The Bertz CT molecular complexity index is 361. The van der Waals surface area contributed by atoms with E-state index in [1.807, 2.05) is 26.8 Å². The van der Waals surface area contributed by atoms with Gasteiger partial charge in [0.1, 0.15) is 5.75 Å². The zero-order valence-electron chi connectivity index (χ0n) is 9.66. The molecule has 0 saturated carbocycles. The highest BCUT2D eigenvalue weighted by atomic mass is 32.1. The zero-order chi connectivity index (χ0) is 11.6. The third-order valence-electron chi connectivity index (χ3n) is 2.83. The van der Waals surface area contributed by atoms with Crippen LogP contribution in [0.15, 0.2) is 6.07 Å². The van der Waals surface area contributed by atoms with Crippen molar-refractivity contribution in [1.82, 2.24) is 0 Å². The van der Waals surface area contributed by atoms with Crippen LogP contribution in [0.3, 0.4) is 0 Å². The summed E-state index contributed by atoms with van der Waals surface area (Å²) in [6.45, 7) is 5.99. The Balaban J connectivity index is 3.35. The van der Waals surface area contributed by atoms with Crippen LogP contribution < -0.4 is 4.74 Å². The molecule has 1 rings (SSSR count). The number of aliphatic hydroxyl groups excluding tert-OH is 1. The van der Waals surface area contributed by atoms with Gasteiger partial charge in [0.15, 0.2) is 0 Å². The van der Waals surface area contributed by atoms with E-state index in [4.69, 9.17) is 4.74 Å². The Morgan fingerprint density at radius 2 is 1.93 bits per heavy atom. The molecule has 0 saturated heterocycles. The van der Waals surface area contributed by atoms with Crippen LogP contribution in [0.1, 0.15) is 28.4 Å². The van der Waals surface area contributed by atoms with Crippen molar-refractivity contribution in [1.29, 1.82) is 0 Å². The first-order valence-corrected chi connectivity index (χ1v) is 5.59. The average molecular weight is 226 g/mol. The fourth-order valence-electron chi connectivity index (χ4n) is 1.88. The molecular weight excluding hydrogens is 208 g/mol. The summed E-state index contributed by atoms with van der Waals surface area (Å²) in [7, 11) is 1.66. The molecule has 1 aromatic rings. The maximum Gasteiger partial charge on any atom is 0.122 e. The van der Waals surface area contributed by atoms with Gasteiger partial charge in [-0.05, 0) is 49.1 Å². The van der Waals surface area contributed by atoms with Crippen LogP contribution in [0.25, 0.3) is 0 Å². The fourth-order valence-corrected chi connectivity index (χ4v) is 2.06. The number of hydrogen-bond donors (Lipinski definition) is 2. The summed E-state index contributed by atoms with van der Waals surface area (Å²) in [6.07, 6.45) is -0.502. The van der Waals surface area contributed by atoms with E-state index in [1.165, 1.54) is 0 Å². The number of aryl methyl sites for hydroxylation is 1. The fraction of sp³-hybridized carbons (Fsp3) is 0.500. The molecule has 0 aliphatic carbocycles. The molecule has 0 aliphatic heterocycles. The van der Waals surface area contributed by atoms with Crippen molar-refractivity contribution in [2.24, 2.45) is 0 Å². The van der Waals surface area contributed by atoms with Crippen LogP contribution in [-0.4, -0.2) is 18.0 Å². The summed E-state index contributed by atoms with van der Waals surface area (Å²) in [5, 5.41) is 9.86. The van der Waals surface area contributed by atoms with Gasteiger partial charge in [-0.3, -0.25) is 0 Å². The van der Waals surface area contributed by atoms with Crippen molar-refractivity contribution in [2.75, 3.05) is 12.9 Å². The summed E-state index contributed by atoms with van der Waals surface area (Å²) < 4.78 is 5.27. The standard InChI is InChI=1S/C12H18O2S/c1-7-5-11(14-4)8(2)9(3)12(7)10(13)6-15/h5,10,13,15H,6H2,1-4H3. The Kier molecular flexibility index (Phi) is 4.05. The second-order valence-electron chi connectivity index (χ2n) is 3.76. The largest absolute Gasteiger partial charge is 0.496 e. The number of hydrogen-bond acceptors (Lipinski definition) is 3. The van der Waals surface area contributed by atoms with Crippen molar-refractivity contribution < 1.29 is 9.84 Å². The van der Waals surface area contributed by atoms with Crippen LogP contribution in [0.4, 0.5) is 0 Å². The van der Waals surface area contributed by atoms with E-state index >= 15 is 0 Å². The molecule has 1 N–H and O–H groups in total. The summed E-state index contributed by atoms with van der Waals surface area (Å²) in [5.41, 5.74) is 4.20. The van der Waals surface area contributed by atoms with Crippen LogP contribution >= 0.6 is 12.6 Å². The van der Waals surface area contributed by atoms with Crippen molar-refractivity contribution in [3.8, 4) is 5.75 Å². The number of methoxy groups -OCH3 is 1. The molecule has 0 heterocycles. The number of ether oxygens (including phenoxy) is 1. The summed E-state index contributed by atoms with van der Waals surface area (Å²) in [4.78, 5) is 0. The van der Waals surface area contributed by atoms with E-state index in [0.29, 0.717) is 5.75 Å². The molecule has 0 spiro atoms. The van der Waals surface area contributed by atoms with Crippen LogP contribution in [0.2, 0.25) is 0 Å². The number of rotatable bonds is 3. The third kappa shape index (κ3) is 2.29. The average Bonchev–Trinajstić information content (AvgIpc) is 2.23. The summed E-state index contributed by atoms with van der Waals surface area (Å²) in [5.74, 6) is 1.31. The number of thiol groups is 1. The summed E-state index contributed by atoms with van der Waals surface area (Å²) in [6, 6.07) is 1.96. The van der Waals surface area contributed by atoms with E-state index < -0.39 is 6.10 Å². The van der Waals surface area contributed by atoms with Crippen molar-refractivity contribution in [2.45, 2.75) is 26.9 Å². The Morgan fingerprint density at radius 1 is 1.33 bits per heavy atom. The molecule has 0 radical (unpaired) electrons. The molecule has 1 unspecified atom stereocenters. The number of aliphatic hydroxyl groups is 1. The van der Waals surface area contributed by atoms with E-state index in [-0.39, 0.29) is 0 Å². The van der Waals surface area contributed by atoms with Gasteiger partial charge in [-0.15, -0.1) is 0 Å². The molecule has 1 aromatic carbocycles. The highest BCUT2D eigenvalue weighted by molar-refractivity contribution is 7.80. The maximum atomic E-state index is 9.86. The van der Waals surface area contributed by atoms with Crippen LogP contribution in [0.5, 0.6) is 5.75 Å². The SMILES string of the molecule is COc1cc(C)c(C(O)CS)c(C)c1C. The van der Waals surface area contributed by atoms with Gasteiger partial charge in [-0.1, -0.05) is 0 Å². The van der Waals surface area contributed by atoms with Gasteiger partial charge in [-0.2, -0.15) is 12.6 Å². The Labute approximate surface area is 96.7 Å². The number of benzene rings is 1. The monoisotopic (exact) mass is 226 g/mol. The lowest BCUT2D eigenvalue weighted by atomic mass is 9.94. The maximum absolute atomic E-state index is 9.86. The van der Waals surface area contributed by atoms with Crippen LogP contribution in [-0.2, 0) is 0 Å². The molecule has 0 amide bonds. The summed E-state index contributed by atoms with van der Waals surface area (Å²) >= 11 is 4.12. The normalized spacial score (nSPS) is 12.7. The first-order valence-electron chi connectivity index (χ1n) is 4.96. The molecule has 0 aromatic heterocycles. The molecule has 84 valence electrons. The lowest BCUT2D eigenvalue weighted by Gasteiger charge is -2.19. The minimum atomic E-state index is -0.502. The van der Waals surface area contributed by atoms with Crippen molar-refractivity contribution in [3.63, 3.8) is 0 Å². The van der Waals surface area contributed by atoms with Gasteiger partial charge in [-0.25, -0.2) is 0 Å². The Morgan fingerprint density at radius 3 is 2.40 bits per heavy atom. The topological polar surface area (TPSA) is 29.5 Å². The predicted octanol–water partition coefficient (Wildman–Crippen LogP) is 2.58. The zero-order valence-corrected chi connectivity index (χ0v) is 10.6. The minimum absolute atomic E-state index is 0.438. The molecule has 3 heteroatoms. The van der Waals surface area contributed by atoms with Gasteiger partial charge < -0.3 is 9.84 Å². The molecule has 0 fully saturated rings. The Hall–Kier alpha value is -0.670. The lowest BCUT2D eigenvalue weighted by molar-refractivity contribution is 0.203. The smallest absolute Gasteiger partial charge is 0.122 e. The molecule has 2 nitrogen and oxygen atoms in total. The van der Waals surface area contributed by atoms with E-state index in [0.717, 1.165) is 28.0 Å². The first kappa shape index (κ1) is 12.4. The first-order chi connectivity index (χ1) is 7.02. The van der Waals surface area contributed by atoms with E-state index in [9.17, 15) is 5.11 Å². The van der Waals surface area contributed by atoms with Gasteiger partial charge in [0.05, 0.1) is 13.2 Å². The van der Waals surface area contributed by atoms with Gasteiger partial charge in [0, 0.05) is 5.75 Å². The third-order valence-corrected chi connectivity index (χ3v) is 3.18. The molecule has 0 bridgehead atoms. The predicted molar refractivity (Wildman–Crippen MR) is 66.0 cm³/mol. The lowest BCUT2D eigenvalue weighted by Crippen LogP contribution is -2.06. The van der Waals surface area contributed by atoms with Crippen molar-refractivity contribution >= 4 is 12.6 Å². The minimum Gasteiger partial charge on any atom is -0.496 e. The second kappa shape index (κ2) is 4.90. The van der Waals surface area contributed by atoms with Gasteiger partial charge in [0.2, 0.25) is 0 Å². The molecule has 15 heavy (non-hydrogen) atoms. The van der Waals surface area contributed by atoms with Crippen LogP contribution in [0, 0.1) is 20.8 Å². The molecular formula is C12H18O2S. The highest BCUT2D eigenvalue weighted by Gasteiger charge is 2.16. The van der Waals surface area contributed by atoms with E-state index in [1.54, 1.807) is 7.11 Å².